The van der Waals surface area contributed by atoms with Gasteiger partial charge in [-0.15, -0.1) is 22.7 Å². The molecule has 0 unspecified atom stereocenters. The van der Waals surface area contributed by atoms with Crippen LogP contribution in [-0.2, 0) is 17.6 Å². The number of anilines is 2. The molecule has 8 heteroatoms. The molecular weight excluding hydrogens is 442 g/mol. The topological polar surface area (TPSA) is 94.3 Å². The molecule has 5 rings (SSSR count). The van der Waals surface area contributed by atoms with Crippen LogP contribution in [0.2, 0.25) is 0 Å². The number of ether oxygens (including phenoxy) is 1. The minimum atomic E-state index is -0.500. The fourth-order valence-electron chi connectivity index (χ4n) is 4.03. The summed E-state index contributed by atoms with van der Waals surface area (Å²) in [6.45, 7) is 2.00. The Kier molecular flexibility index (Phi) is 5.19. The van der Waals surface area contributed by atoms with Gasteiger partial charge in [-0.1, -0.05) is 29.8 Å². The Morgan fingerprint density at radius 3 is 2.72 bits per heavy atom. The maximum Gasteiger partial charge on any atom is 0.341 e. The first-order chi connectivity index (χ1) is 15.5. The van der Waals surface area contributed by atoms with Gasteiger partial charge in [0.2, 0.25) is 0 Å². The second kappa shape index (κ2) is 8.03. The van der Waals surface area contributed by atoms with E-state index in [2.05, 4.69) is 11.4 Å². The number of benzene rings is 1. The molecule has 1 aromatic carbocycles. The van der Waals surface area contributed by atoms with E-state index >= 15 is 0 Å². The van der Waals surface area contributed by atoms with E-state index in [9.17, 15) is 9.59 Å². The van der Waals surface area contributed by atoms with Crippen molar-refractivity contribution in [3.8, 4) is 11.1 Å². The number of aromatic nitrogens is 1. The molecule has 6 nitrogen and oxygen atoms in total. The van der Waals surface area contributed by atoms with Crippen molar-refractivity contribution in [1.29, 1.82) is 0 Å². The number of amides is 1. The van der Waals surface area contributed by atoms with Crippen LogP contribution in [0.4, 0.5) is 10.7 Å². The van der Waals surface area contributed by atoms with Gasteiger partial charge in [-0.2, -0.15) is 0 Å². The predicted molar refractivity (Wildman–Crippen MR) is 130 cm³/mol. The Bertz CT molecular complexity index is 1370. The Labute approximate surface area is 193 Å². The summed E-state index contributed by atoms with van der Waals surface area (Å²) in [5.41, 5.74) is 12.1. The van der Waals surface area contributed by atoms with E-state index in [0.29, 0.717) is 21.1 Å². The Hall–Kier alpha value is -3.23. The van der Waals surface area contributed by atoms with E-state index < -0.39 is 5.97 Å². The van der Waals surface area contributed by atoms with Gasteiger partial charge in [-0.05, 0) is 43.4 Å². The number of carbonyl (C=O) groups is 2. The summed E-state index contributed by atoms with van der Waals surface area (Å²) in [7, 11) is 1.33. The van der Waals surface area contributed by atoms with Crippen LogP contribution in [0.15, 0.2) is 35.7 Å². The Morgan fingerprint density at radius 1 is 1.19 bits per heavy atom. The van der Waals surface area contributed by atoms with E-state index in [0.717, 1.165) is 51.9 Å². The number of methoxy groups -OCH3 is 1. The van der Waals surface area contributed by atoms with Crippen molar-refractivity contribution >= 4 is 55.5 Å². The smallest absolute Gasteiger partial charge is 0.341 e. The van der Waals surface area contributed by atoms with Crippen LogP contribution in [0, 0.1) is 6.92 Å². The molecule has 0 radical (unpaired) electrons. The van der Waals surface area contributed by atoms with E-state index in [-0.39, 0.29) is 5.91 Å². The van der Waals surface area contributed by atoms with Crippen LogP contribution in [0.3, 0.4) is 0 Å². The third-order valence-electron chi connectivity index (χ3n) is 5.73. The number of aryl methyl sites for hydroxylation is 3. The number of nitrogens with one attached hydrogen (secondary N) is 1. The zero-order valence-electron chi connectivity index (χ0n) is 17.7. The van der Waals surface area contributed by atoms with Crippen LogP contribution < -0.4 is 11.1 Å². The molecule has 0 saturated heterocycles. The molecule has 162 valence electrons. The van der Waals surface area contributed by atoms with Crippen molar-refractivity contribution in [2.45, 2.75) is 26.2 Å². The summed E-state index contributed by atoms with van der Waals surface area (Å²) in [4.78, 5) is 31.7. The van der Waals surface area contributed by atoms with E-state index in [1.807, 2.05) is 36.6 Å². The molecule has 32 heavy (non-hydrogen) atoms. The molecule has 1 aliphatic rings. The summed E-state index contributed by atoms with van der Waals surface area (Å²) >= 11 is 2.57. The van der Waals surface area contributed by atoms with Crippen LogP contribution in [-0.4, -0.2) is 24.0 Å². The molecule has 1 aliphatic carbocycles. The number of carbonyl (C=O) groups excluding carboxylic acids is 2. The SMILES string of the molecule is COC(=O)c1c(-c2ccc(C)cc2)csc1NC(=O)c1sc2nc3c(cc2c1N)CCC3. The van der Waals surface area contributed by atoms with E-state index in [4.69, 9.17) is 15.5 Å². The molecule has 3 heterocycles. The van der Waals surface area contributed by atoms with Gasteiger partial charge in [0.15, 0.2) is 0 Å². The third kappa shape index (κ3) is 3.45. The summed E-state index contributed by atoms with van der Waals surface area (Å²) in [6, 6.07) is 9.92. The van der Waals surface area contributed by atoms with Gasteiger partial charge in [0, 0.05) is 22.0 Å². The van der Waals surface area contributed by atoms with Gasteiger partial charge in [-0.3, -0.25) is 4.79 Å². The fourth-order valence-corrected chi connectivity index (χ4v) is 5.97. The quantitative estimate of drug-likeness (QED) is 0.393. The van der Waals surface area contributed by atoms with Crippen molar-refractivity contribution in [1.82, 2.24) is 4.98 Å². The highest BCUT2D eigenvalue weighted by Crippen LogP contribution is 2.39. The molecule has 0 spiro atoms. The van der Waals surface area contributed by atoms with Gasteiger partial charge < -0.3 is 15.8 Å². The molecule has 3 aromatic heterocycles. The molecule has 1 amide bonds. The highest BCUT2D eigenvalue weighted by Gasteiger charge is 2.25. The van der Waals surface area contributed by atoms with Gasteiger partial charge in [-0.25, -0.2) is 9.78 Å². The fraction of sp³-hybridized carbons (Fsp3) is 0.208. The molecule has 4 aromatic rings. The van der Waals surface area contributed by atoms with Crippen LogP contribution in [0.25, 0.3) is 21.3 Å². The number of nitrogen functional groups attached to an aromatic ring is 1. The largest absolute Gasteiger partial charge is 0.465 e. The first-order valence-electron chi connectivity index (χ1n) is 10.2. The van der Waals surface area contributed by atoms with Crippen molar-refractivity contribution in [2.75, 3.05) is 18.2 Å². The Balaban J connectivity index is 1.51. The number of thiophene rings is 2. The minimum absolute atomic E-state index is 0.339. The number of hydrogen-bond acceptors (Lipinski definition) is 7. The van der Waals surface area contributed by atoms with Crippen LogP contribution in [0.5, 0.6) is 0 Å². The summed E-state index contributed by atoms with van der Waals surface area (Å²) < 4.78 is 5.01. The monoisotopic (exact) mass is 463 g/mol. The zero-order chi connectivity index (χ0) is 22.4. The molecule has 0 saturated carbocycles. The van der Waals surface area contributed by atoms with E-state index in [1.165, 1.54) is 35.3 Å². The van der Waals surface area contributed by atoms with Crippen molar-refractivity contribution < 1.29 is 14.3 Å². The number of rotatable bonds is 4. The molecule has 0 fully saturated rings. The number of nitrogens with two attached hydrogens (primary N) is 1. The van der Waals surface area contributed by atoms with Crippen molar-refractivity contribution in [3.05, 3.63) is 63.0 Å². The predicted octanol–water partition coefficient (Wildman–Crippen LogP) is 5.44. The summed E-state index contributed by atoms with van der Waals surface area (Å²) in [6.07, 6.45) is 3.06. The highest BCUT2D eigenvalue weighted by atomic mass is 32.1. The van der Waals surface area contributed by atoms with Crippen LogP contribution in [0.1, 0.15) is 43.3 Å². The molecule has 3 N–H and O–H groups in total. The zero-order valence-corrected chi connectivity index (χ0v) is 19.3. The van der Waals surface area contributed by atoms with Gasteiger partial charge in [0.25, 0.3) is 5.91 Å². The van der Waals surface area contributed by atoms with Crippen molar-refractivity contribution in [3.63, 3.8) is 0 Å². The average Bonchev–Trinajstić information content (AvgIpc) is 3.50. The molecule has 0 atom stereocenters. The standard InChI is InChI=1S/C24H21N3O3S2/c1-12-6-8-13(9-7-12)16-11-31-23(18(16)24(29)30-2)27-21(28)20-19(25)15-10-14-4-3-5-17(14)26-22(15)32-20/h6-11H,3-5,25H2,1-2H3,(H,27,28). The van der Waals surface area contributed by atoms with Gasteiger partial charge in [0.05, 0.1) is 12.8 Å². The number of fused-ring (bicyclic) bond motifs is 2. The molecule has 0 aliphatic heterocycles. The third-order valence-corrected chi connectivity index (χ3v) is 7.74. The summed E-state index contributed by atoms with van der Waals surface area (Å²) in [5.74, 6) is -0.854. The lowest BCUT2D eigenvalue weighted by atomic mass is 10.0. The molecular formula is C24H21N3O3S2. The van der Waals surface area contributed by atoms with Gasteiger partial charge in [0.1, 0.15) is 20.3 Å². The maximum atomic E-state index is 13.2. The number of nitrogens with zero attached hydrogens (tertiary/aromatic N) is 1. The first kappa shape index (κ1) is 20.7. The van der Waals surface area contributed by atoms with Crippen LogP contribution >= 0.6 is 22.7 Å². The lowest BCUT2D eigenvalue weighted by Crippen LogP contribution is -2.14. The number of hydrogen-bond donors (Lipinski definition) is 2. The Morgan fingerprint density at radius 2 is 1.97 bits per heavy atom. The lowest BCUT2D eigenvalue weighted by molar-refractivity contribution is 0.0603. The first-order valence-corrected chi connectivity index (χ1v) is 11.9. The van der Waals surface area contributed by atoms with E-state index in [1.54, 1.807) is 0 Å². The molecule has 0 bridgehead atoms. The van der Waals surface area contributed by atoms with Crippen molar-refractivity contribution in [2.24, 2.45) is 0 Å². The maximum absolute atomic E-state index is 13.2. The normalized spacial score (nSPS) is 12.7. The highest BCUT2D eigenvalue weighted by molar-refractivity contribution is 7.21. The summed E-state index contributed by atoms with van der Waals surface area (Å²) in [5, 5.41) is 5.99. The van der Waals surface area contributed by atoms with Gasteiger partial charge >= 0.3 is 5.97 Å². The minimum Gasteiger partial charge on any atom is -0.465 e. The number of esters is 1. The second-order valence-corrected chi connectivity index (χ2v) is 9.69. The lowest BCUT2D eigenvalue weighted by Gasteiger charge is -2.08. The number of pyridine rings is 1. The second-order valence-electron chi connectivity index (χ2n) is 7.81. The average molecular weight is 464 g/mol.